The van der Waals surface area contributed by atoms with Crippen LogP contribution in [-0.2, 0) is 14.3 Å². The van der Waals surface area contributed by atoms with Crippen LogP contribution in [0.4, 0.5) is 0 Å². The third kappa shape index (κ3) is 2.56. The van der Waals surface area contributed by atoms with Gasteiger partial charge in [-0.2, -0.15) is 0 Å². The first-order valence-electron chi connectivity index (χ1n) is 6.36. The van der Waals surface area contributed by atoms with Gasteiger partial charge in [-0.3, -0.25) is 9.59 Å². The summed E-state index contributed by atoms with van der Waals surface area (Å²) in [4.78, 5) is 25.8. The molecule has 1 heterocycles. The largest absolute Gasteiger partial charge is 0.469 e. The molecule has 2 aliphatic rings. The number of hydrogen-bond acceptors (Lipinski definition) is 4. The first-order chi connectivity index (χ1) is 8.63. The zero-order valence-corrected chi connectivity index (χ0v) is 10.5. The Morgan fingerprint density at radius 2 is 1.94 bits per heavy atom. The molecule has 0 aromatic rings. The van der Waals surface area contributed by atoms with Crippen LogP contribution in [0.1, 0.15) is 19.3 Å². The van der Waals surface area contributed by atoms with E-state index in [0.717, 1.165) is 25.9 Å². The zero-order valence-electron chi connectivity index (χ0n) is 10.5. The van der Waals surface area contributed by atoms with Crippen molar-refractivity contribution in [3.8, 4) is 0 Å². The highest BCUT2D eigenvalue weighted by Crippen LogP contribution is 2.29. The van der Waals surface area contributed by atoms with Crippen molar-refractivity contribution in [2.45, 2.75) is 25.4 Å². The van der Waals surface area contributed by atoms with Crippen LogP contribution in [0, 0.1) is 11.8 Å². The number of hydrogen-bond donors (Lipinski definition) is 1. The molecule has 1 saturated heterocycles. The first-order valence-corrected chi connectivity index (χ1v) is 6.36. The molecular weight excluding hydrogens is 234 g/mol. The summed E-state index contributed by atoms with van der Waals surface area (Å²) < 4.78 is 4.73. The van der Waals surface area contributed by atoms with Crippen molar-refractivity contribution in [2.24, 2.45) is 11.8 Å². The summed E-state index contributed by atoms with van der Waals surface area (Å²) in [6, 6.07) is 0. The summed E-state index contributed by atoms with van der Waals surface area (Å²) in [5.74, 6) is -1.50. The predicted molar refractivity (Wildman–Crippen MR) is 64.6 cm³/mol. The molecule has 1 aliphatic heterocycles. The summed E-state index contributed by atoms with van der Waals surface area (Å²) >= 11 is 0. The maximum Gasteiger partial charge on any atom is 0.309 e. The predicted octanol–water partition coefficient (Wildman–Crippen LogP) is 0.335. The molecule has 18 heavy (non-hydrogen) atoms. The Balaban J connectivity index is 2.14. The molecule has 0 bridgehead atoms. The van der Waals surface area contributed by atoms with Gasteiger partial charge in [0.25, 0.3) is 0 Å². The maximum absolute atomic E-state index is 12.3. The molecule has 2 rings (SSSR count). The smallest absolute Gasteiger partial charge is 0.309 e. The summed E-state index contributed by atoms with van der Waals surface area (Å²) in [5, 5.41) is 9.57. The van der Waals surface area contributed by atoms with E-state index in [4.69, 9.17) is 4.74 Å². The van der Waals surface area contributed by atoms with Crippen LogP contribution in [0.25, 0.3) is 0 Å². The van der Waals surface area contributed by atoms with Crippen LogP contribution in [0.15, 0.2) is 12.2 Å². The number of aliphatic hydroxyl groups is 1. The average Bonchev–Trinajstić information content (AvgIpc) is 2.90. The molecule has 1 aliphatic carbocycles. The Bertz CT molecular complexity index is 360. The number of nitrogens with zero attached hydrogens (tertiary/aromatic N) is 1. The van der Waals surface area contributed by atoms with Gasteiger partial charge >= 0.3 is 5.97 Å². The summed E-state index contributed by atoms with van der Waals surface area (Å²) in [5.41, 5.74) is 0. The molecular formula is C13H19NO4. The van der Waals surface area contributed by atoms with Gasteiger partial charge in [0.15, 0.2) is 0 Å². The van der Waals surface area contributed by atoms with Crippen molar-refractivity contribution in [1.82, 2.24) is 4.90 Å². The van der Waals surface area contributed by atoms with Crippen LogP contribution in [-0.4, -0.2) is 48.2 Å². The van der Waals surface area contributed by atoms with E-state index >= 15 is 0 Å². The topological polar surface area (TPSA) is 66.8 Å². The van der Waals surface area contributed by atoms with Crippen LogP contribution in [0.5, 0.6) is 0 Å². The van der Waals surface area contributed by atoms with E-state index in [-0.39, 0.29) is 12.3 Å². The molecule has 0 unspecified atom stereocenters. The zero-order chi connectivity index (χ0) is 13.1. The van der Waals surface area contributed by atoms with Gasteiger partial charge in [-0.25, -0.2) is 0 Å². The number of methoxy groups -OCH3 is 1. The third-order valence-electron chi connectivity index (χ3n) is 3.68. The fourth-order valence-electron chi connectivity index (χ4n) is 2.66. The summed E-state index contributed by atoms with van der Waals surface area (Å²) in [6.07, 6.45) is 4.88. The van der Waals surface area contributed by atoms with Gasteiger partial charge in [-0.15, -0.1) is 0 Å². The Hall–Kier alpha value is -1.36. The number of rotatable bonds is 2. The van der Waals surface area contributed by atoms with Gasteiger partial charge in [0.1, 0.15) is 0 Å². The van der Waals surface area contributed by atoms with Gasteiger partial charge in [0, 0.05) is 13.1 Å². The number of aliphatic hydroxyl groups excluding tert-OH is 1. The van der Waals surface area contributed by atoms with Crippen molar-refractivity contribution < 1.29 is 19.4 Å². The van der Waals surface area contributed by atoms with E-state index in [1.54, 1.807) is 17.1 Å². The van der Waals surface area contributed by atoms with Gasteiger partial charge in [-0.05, 0) is 19.3 Å². The van der Waals surface area contributed by atoms with Crippen molar-refractivity contribution in [2.75, 3.05) is 20.2 Å². The van der Waals surface area contributed by atoms with Crippen molar-refractivity contribution in [3.05, 3.63) is 12.2 Å². The molecule has 0 saturated carbocycles. The van der Waals surface area contributed by atoms with Crippen LogP contribution in [0.2, 0.25) is 0 Å². The molecule has 3 atom stereocenters. The Morgan fingerprint density at radius 3 is 2.56 bits per heavy atom. The van der Waals surface area contributed by atoms with Gasteiger partial charge in [0.2, 0.25) is 5.91 Å². The van der Waals surface area contributed by atoms with Gasteiger partial charge in [0.05, 0.1) is 25.0 Å². The lowest BCUT2D eigenvalue weighted by Gasteiger charge is -2.30. The highest BCUT2D eigenvalue weighted by atomic mass is 16.5. The number of ether oxygens (including phenoxy) is 1. The molecule has 5 heteroatoms. The highest BCUT2D eigenvalue weighted by Gasteiger charge is 2.39. The van der Waals surface area contributed by atoms with E-state index < -0.39 is 23.9 Å². The minimum absolute atomic E-state index is 0.0222. The molecule has 1 fully saturated rings. The van der Waals surface area contributed by atoms with E-state index in [1.165, 1.54) is 7.11 Å². The van der Waals surface area contributed by atoms with Gasteiger partial charge in [-0.1, -0.05) is 12.2 Å². The number of carbonyl (C=O) groups excluding carboxylic acids is 2. The molecule has 0 spiro atoms. The molecule has 5 nitrogen and oxygen atoms in total. The molecule has 1 N–H and O–H groups in total. The first kappa shape index (κ1) is 13.1. The van der Waals surface area contributed by atoms with E-state index in [9.17, 15) is 14.7 Å². The highest BCUT2D eigenvalue weighted by molar-refractivity contribution is 5.87. The molecule has 0 radical (unpaired) electrons. The average molecular weight is 253 g/mol. The Morgan fingerprint density at radius 1 is 1.28 bits per heavy atom. The van der Waals surface area contributed by atoms with Crippen molar-refractivity contribution in [3.63, 3.8) is 0 Å². The SMILES string of the molecule is COC(=O)[C@@H]1C[C@@H](O)C=C[C@H]1C(=O)N1CCCC1. The number of amides is 1. The Kier molecular flexibility index (Phi) is 4.01. The van der Waals surface area contributed by atoms with Crippen molar-refractivity contribution >= 4 is 11.9 Å². The Labute approximate surface area is 106 Å². The lowest BCUT2D eigenvalue weighted by Crippen LogP contribution is -2.42. The minimum atomic E-state index is -0.670. The second-order valence-electron chi connectivity index (χ2n) is 4.88. The lowest BCUT2D eigenvalue weighted by atomic mass is 9.82. The molecule has 1 amide bonds. The van der Waals surface area contributed by atoms with Crippen LogP contribution < -0.4 is 0 Å². The maximum atomic E-state index is 12.3. The van der Waals surface area contributed by atoms with Gasteiger partial charge < -0.3 is 14.7 Å². The fraction of sp³-hybridized carbons (Fsp3) is 0.692. The summed E-state index contributed by atoms with van der Waals surface area (Å²) in [6.45, 7) is 1.53. The molecule has 0 aromatic heterocycles. The van der Waals surface area contributed by atoms with E-state index in [0.29, 0.717) is 0 Å². The standard InChI is InChI=1S/C13H19NO4/c1-18-13(17)11-8-9(15)4-5-10(11)12(16)14-6-2-3-7-14/h4-5,9-11,15H,2-3,6-8H2,1H3/t9-,10+,11+/m0/s1. The van der Waals surface area contributed by atoms with E-state index in [1.807, 2.05) is 0 Å². The fourth-order valence-corrected chi connectivity index (χ4v) is 2.66. The normalized spacial score (nSPS) is 31.4. The quantitative estimate of drug-likeness (QED) is 0.569. The number of likely N-dealkylation sites (tertiary alicyclic amines) is 1. The van der Waals surface area contributed by atoms with Crippen LogP contribution >= 0.6 is 0 Å². The monoisotopic (exact) mass is 253 g/mol. The second-order valence-corrected chi connectivity index (χ2v) is 4.88. The molecule has 100 valence electrons. The minimum Gasteiger partial charge on any atom is -0.469 e. The second kappa shape index (κ2) is 5.52. The summed E-state index contributed by atoms with van der Waals surface area (Å²) in [7, 11) is 1.31. The number of carbonyl (C=O) groups is 2. The van der Waals surface area contributed by atoms with Crippen LogP contribution in [0.3, 0.4) is 0 Å². The number of esters is 1. The van der Waals surface area contributed by atoms with E-state index in [2.05, 4.69) is 0 Å². The lowest BCUT2D eigenvalue weighted by molar-refractivity contribution is -0.152. The third-order valence-corrected chi connectivity index (χ3v) is 3.68. The van der Waals surface area contributed by atoms with Crippen molar-refractivity contribution in [1.29, 1.82) is 0 Å². The molecule has 0 aromatic carbocycles.